The third kappa shape index (κ3) is 2.63. The molecule has 0 radical (unpaired) electrons. The molecule has 1 nitrogen and oxygen atoms in total. The molecule has 0 fully saturated rings. The summed E-state index contributed by atoms with van der Waals surface area (Å²) in [7, 11) is 0. The van der Waals surface area contributed by atoms with Crippen LogP contribution in [-0.2, 0) is 0 Å². The largest absolute Gasteiger partial charge is 0.506 e. The van der Waals surface area contributed by atoms with Gasteiger partial charge in [-0.15, -0.1) is 0 Å². The fourth-order valence-electron chi connectivity index (χ4n) is 1.44. The Balaban J connectivity index is 2.64. The Morgan fingerprint density at radius 1 is 0.824 bits per heavy atom. The molecule has 0 aliphatic heterocycles. The third-order valence-electron chi connectivity index (χ3n) is 2.25. The van der Waals surface area contributed by atoms with Crippen LogP contribution in [0.15, 0.2) is 30.3 Å². The minimum absolute atomic E-state index is 0.0136. The van der Waals surface area contributed by atoms with Crippen molar-refractivity contribution in [3.63, 3.8) is 0 Å². The molecule has 1 N–H and O–H groups in total. The van der Waals surface area contributed by atoms with Crippen molar-refractivity contribution in [3.05, 3.63) is 50.4 Å². The maximum atomic E-state index is 9.35. The van der Waals surface area contributed by atoms with Gasteiger partial charge in [0.1, 0.15) is 5.75 Å². The monoisotopic (exact) mass is 306 g/mol. The molecule has 2 aromatic carbocycles. The lowest BCUT2D eigenvalue weighted by atomic mass is 10.1. The average molecular weight is 308 g/mol. The van der Waals surface area contributed by atoms with Gasteiger partial charge in [-0.3, -0.25) is 0 Å². The van der Waals surface area contributed by atoms with Crippen molar-refractivity contribution in [2.24, 2.45) is 0 Å². The van der Waals surface area contributed by atoms with E-state index in [0.29, 0.717) is 20.6 Å². The zero-order chi connectivity index (χ0) is 12.6. The van der Waals surface area contributed by atoms with Gasteiger partial charge in [-0.2, -0.15) is 0 Å². The average Bonchev–Trinajstić information content (AvgIpc) is 2.27. The van der Waals surface area contributed by atoms with Crippen LogP contribution >= 0.6 is 46.4 Å². The molecule has 0 bridgehead atoms. The minimum atomic E-state index is 0.0136. The maximum Gasteiger partial charge on any atom is 0.134 e. The number of aromatic hydroxyl groups is 1. The van der Waals surface area contributed by atoms with Crippen molar-refractivity contribution < 1.29 is 5.11 Å². The Labute approximate surface area is 118 Å². The van der Waals surface area contributed by atoms with Crippen LogP contribution in [0.4, 0.5) is 0 Å². The number of halogens is 4. The van der Waals surface area contributed by atoms with Crippen molar-refractivity contribution in [3.8, 4) is 16.9 Å². The number of rotatable bonds is 1. The maximum absolute atomic E-state index is 9.35. The summed E-state index contributed by atoms with van der Waals surface area (Å²) < 4.78 is 0. The minimum Gasteiger partial charge on any atom is -0.506 e. The molecular formula is C12H6Cl4O. The summed E-state index contributed by atoms with van der Waals surface area (Å²) in [6, 6.07) is 8.04. The van der Waals surface area contributed by atoms with Gasteiger partial charge < -0.3 is 5.11 Å². The van der Waals surface area contributed by atoms with Crippen molar-refractivity contribution in [1.82, 2.24) is 0 Å². The number of phenolic OH excluding ortho intramolecular Hbond substituents is 1. The molecule has 0 saturated carbocycles. The van der Waals surface area contributed by atoms with E-state index in [1.165, 1.54) is 6.07 Å². The summed E-state index contributed by atoms with van der Waals surface area (Å²) in [5, 5.41) is 10.9. The van der Waals surface area contributed by atoms with Crippen molar-refractivity contribution in [2.45, 2.75) is 0 Å². The van der Waals surface area contributed by atoms with Gasteiger partial charge in [0.2, 0.25) is 0 Å². The zero-order valence-corrected chi connectivity index (χ0v) is 11.4. The highest BCUT2D eigenvalue weighted by atomic mass is 35.5. The SMILES string of the molecule is Oc1ccc(-c2cc(Cl)cc(Cl)c2Cl)cc1Cl. The molecule has 0 aliphatic rings. The molecular weight excluding hydrogens is 302 g/mol. The molecule has 5 heteroatoms. The van der Waals surface area contributed by atoms with Gasteiger partial charge in [-0.25, -0.2) is 0 Å². The molecule has 0 amide bonds. The highest BCUT2D eigenvalue weighted by molar-refractivity contribution is 6.45. The molecule has 88 valence electrons. The Bertz CT molecular complexity index is 581. The Hall–Kier alpha value is -0.600. The predicted molar refractivity (Wildman–Crippen MR) is 73.6 cm³/mol. The van der Waals surface area contributed by atoms with E-state index in [0.717, 1.165) is 5.56 Å². The quantitative estimate of drug-likeness (QED) is 0.673. The van der Waals surface area contributed by atoms with E-state index in [4.69, 9.17) is 46.4 Å². The fraction of sp³-hybridized carbons (Fsp3) is 0. The normalized spacial score (nSPS) is 10.6. The molecule has 0 aliphatic carbocycles. The first-order valence-electron chi connectivity index (χ1n) is 4.62. The van der Waals surface area contributed by atoms with Crippen molar-refractivity contribution >= 4 is 46.4 Å². The van der Waals surface area contributed by atoms with Gasteiger partial charge in [0.25, 0.3) is 0 Å². The van der Waals surface area contributed by atoms with E-state index in [1.54, 1.807) is 24.3 Å². The molecule has 2 rings (SSSR count). The zero-order valence-electron chi connectivity index (χ0n) is 8.35. The van der Waals surface area contributed by atoms with Gasteiger partial charge in [0, 0.05) is 10.6 Å². The summed E-state index contributed by atoms with van der Waals surface area (Å²) >= 11 is 23.8. The van der Waals surface area contributed by atoms with Crippen LogP contribution in [-0.4, -0.2) is 5.11 Å². The summed E-state index contributed by atoms with van der Waals surface area (Å²) in [6.45, 7) is 0. The second-order valence-electron chi connectivity index (χ2n) is 3.42. The van der Waals surface area contributed by atoms with Crippen LogP contribution in [0.2, 0.25) is 20.1 Å². The molecule has 0 heterocycles. The Morgan fingerprint density at radius 2 is 1.53 bits per heavy atom. The van der Waals surface area contributed by atoms with Gasteiger partial charge in [0.15, 0.2) is 0 Å². The molecule has 0 spiro atoms. The number of hydrogen-bond donors (Lipinski definition) is 1. The van der Waals surface area contributed by atoms with E-state index in [-0.39, 0.29) is 10.8 Å². The molecule has 0 saturated heterocycles. The predicted octanol–water partition coefficient (Wildman–Crippen LogP) is 5.67. The third-order valence-corrected chi connectivity index (χ3v) is 3.57. The molecule has 0 atom stereocenters. The second-order valence-corrected chi connectivity index (χ2v) is 5.04. The number of hydrogen-bond acceptors (Lipinski definition) is 1. The topological polar surface area (TPSA) is 20.2 Å². The standard InChI is InChI=1S/C12H6Cl4O/c13-7-4-8(12(16)10(15)5-7)6-1-2-11(17)9(14)3-6/h1-5,17H. The van der Waals surface area contributed by atoms with Gasteiger partial charge in [-0.05, 0) is 29.8 Å². The van der Waals surface area contributed by atoms with E-state index in [1.807, 2.05) is 0 Å². The summed E-state index contributed by atoms with van der Waals surface area (Å²) in [6.07, 6.45) is 0. The summed E-state index contributed by atoms with van der Waals surface area (Å²) in [5.74, 6) is 0.0136. The van der Waals surface area contributed by atoms with Gasteiger partial charge in [-0.1, -0.05) is 52.5 Å². The van der Waals surface area contributed by atoms with Crippen LogP contribution in [0.25, 0.3) is 11.1 Å². The van der Waals surface area contributed by atoms with E-state index in [9.17, 15) is 5.11 Å². The summed E-state index contributed by atoms with van der Waals surface area (Å²) in [4.78, 5) is 0. The lowest BCUT2D eigenvalue weighted by molar-refractivity contribution is 0.475. The smallest absolute Gasteiger partial charge is 0.134 e. The molecule has 0 aromatic heterocycles. The van der Waals surface area contributed by atoms with E-state index in [2.05, 4.69) is 0 Å². The van der Waals surface area contributed by atoms with Crippen LogP contribution < -0.4 is 0 Å². The van der Waals surface area contributed by atoms with E-state index >= 15 is 0 Å². The molecule has 17 heavy (non-hydrogen) atoms. The Kier molecular flexibility index (Phi) is 3.74. The molecule has 2 aromatic rings. The number of benzene rings is 2. The van der Waals surface area contributed by atoms with Crippen LogP contribution in [0.1, 0.15) is 0 Å². The highest BCUT2D eigenvalue weighted by Crippen LogP contribution is 2.38. The van der Waals surface area contributed by atoms with Crippen LogP contribution in [0.3, 0.4) is 0 Å². The van der Waals surface area contributed by atoms with E-state index < -0.39 is 0 Å². The second kappa shape index (κ2) is 4.95. The molecule has 0 unspecified atom stereocenters. The first kappa shape index (κ1) is 12.8. The Morgan fingerprint density at radius 3 is 2.18 bits per heavy atom. The first-order valence-corrected chi connectivity index (χ1v) is 6.13. The van der Waals surface area contributed by atoms with Gasteiger partial charge in [0.05, 0.1) is 15.1 Å². The first-order chi connectivity index (χ1) is 7.99. The van der Waals surface area contributed by atoms with Crippen LogP contribution in [0, 0.1) is 0 Å². The van der Waals surface area contributed by atoms with Crippen molar-refractivity contribution in [1.29, 1.82) is 0 Å². The van der Waals surface area contributed by atoms with Crippen LogP contribution in [0.5, 0.6) is 5.75 Å². The fourth-order valence-corrected chi connectivity index (χ4v) is 2.33. The van der Waals surface area contributed by atoms with Crippen molar-refractivity contribution in [2.75, 3.05) is 0 Å². The number of phenols is 1. The summed E-state index contributed by atoms with van der Waals surface area (Å²) in [5.41, 5.74) is 1.41. The lowest BCUT2D eigenvalue weighted by Crippen LogP contribution is -1.82. The highest BCUT2D eigenvalue weighted by Gasteiger charge is 2.10. The van der Waals surface area contributed by atoms with Gasteiger partial charge >= 0.3 is 0 Å². The lowest BCUT2D eigenvalue weighted by Gasteiger charge is -2.08.